The molecule has 0 aliphatic rings. The highest BCUT2D eigenvalue weighted by Gasteiger charge is 2.28. The zero-order chi connectivity index (χ0) is 14.3. The summed E-state index contributed by atoms with van der Waals surface area (Å²) in [6.07, 6.45) is -0.226. The van der Waals surface area contributed by atoms with Gasteiger partial charge < -0.3 is 20.2 Å². The van der Waals surface area contributed by atoms with Crippen LogP contribution in [0.1, 0.15) is 12.8 Å². The van der Waals surface area contributed by atoms with Gasteiger partial charge in [-0.2, -0.15) is 0 Å². The highest BCUT2D eigenvalue weighted by molar-refractivity contribution is 6.62. The molecule has 0 aromatic heterocycles. The first-order chi connectivity index (χ1) is 9.04. The molecule has 0 saturated heterocycles. The predicted molar refractivity (Wildman–Crippen MR) is 68.0 cm³/mol. The van der Waals surface area contributed by atoms with Crippen LogP contribution in [0.4, 0.5) is 0 Å². The average Bonchev–Trinajstić information content (AvgIpc) is 2.42. The van der Waals surface area contributed by atoms with Crippen molar-refractivity contribution in [1.29, 1.82) is 0 Å². The molecule has 0 fully saturated rings. The monoisotopic (exact) mass is 266 g/mol. The number of carbonyl (C=O) groups excluding carboxylic acids is 1. The van der Waals surface area contributed by atoms with Crippen molar-refractivity contribution >= 4 is 24.5 Å². The van der Waals surface area contributed by atoms with E-state index in [2.05, 4.69) is 4.76 Å². The van der Waals surface area contributed by atoms with E-state index in [4.69, 9.17) is 21.4 Å². The van der Waals surface area contributed by atoms with Crippen LogP contribution in [0.5, 0.6) is 0 Å². The number of rotatable bonds is 7. The van der Waals surface area contributed by atoms with Gasteiger partial charge in [-0.25, -0.2) is 5.90 Å². The third-order valence-electron chi connectivity index (χ3n) is 2.39. The third kappa shape index (κ3) is 5.08. The van der Waals surface area contributed by atoms with Crippen molar-refractivity contribution in [3.8, 4) is 0 Å². The van der Waals surface area contributed by atoms with E-state index in [1.54, 1.807) is 30.3 Å². The Kier molecular flexibility index (Phi) is 6.00. The third-order valence-corrected chi connectivity index (χ3v) is 2.39. The molecule has 0 spiro atoms. The van der Waals surface area contributed by atoms with E-state index in [0.29, 0.717) is 5.46 Å². The molecule has 102 valence electrons. The van der Waals surface area contributed by atoms with Crippen LogP contribution in [0.3, 0.4) is 0 Å². The van der Waals surface area contributed by atoms with Crippen molar-refractivity contribution in [2.75, 3.05) is 0 Å². The van der Waals surface area contributed by atoms with Crippen LogP contribution in [0.15, 0.2) is 30.3 Å². The molecule has 0 aliphatic carbocycles. The van der Waals surface area contributed by atoms with Crippen molar-refractivity contribution < 1.29 is 24.1 Å². The van der Waals surface area contributed by atoms with Gasteiger partial charge in [0.1, 0.15) is 6.04 Å². The Hall–Kier alpha value is -1.90. The Morgan fingerprint density at radius 2 is 1.95 bits per heavy atom. The van der Waals surface area contributed by atoms with E-state index in [1.807, 2.05) is 0 Å². The Morgan fingerprint density at radius 3 is 2.47 bits per heavy atom. The van der Waals surface area contributed by atoms with E-state index in [0.717, 1.165) is 0 Å². The lowest BCUT2D eigenvalue weighted by Crippen LogP contribution is -2.45. The minimum atomic E-state index is -1.07. The Labute approximate surface area is 110 Å². The number of aliphatic carboxylic acids is 1. The second-order valence-electron chi connectivity index (χ2n) is 3.85. The Balaban J connectivity index is 2.56. The summed E-state index contributed by atoms with van der Waals surface area (Å²) < 4.78 is 9.54. The van der Waals surface area contributed by atoms with Gasteiger partial charge in [0, 0.05) is 6.42 Å². The summed E-state index contributed by atoms with van der Waals surface area (Å²) in [4.78, 5) is 22.0. The molecule has 19 heavy (non-hydrogen) atoms. The van der Waals surface area contributed by atoms with Crippen molar-refractivity contribution in [3.63, 3.8) is 0 Å². The first kappa shape index (κ1) is 15.2. The molecule has 0 aliphatic heterocycles. The van der Waals surface area contributed by atoms with Gasteiger partial charge in [-0.05, 0) is 11.9 Å². The van der Waals surface area contributed by atoms with Gasteiger partial charge in [-0.3, -0.25) is 9.59 Å². The fourth-order valence-corrected chi connectivity index (χ4v) is 1.37. The molecule has 7 nitrogen and oxygen atoms in total. The molecule has 1 unspecified atom stereocenters. The number of nitrogens with two attached hydrogens (primary N) is 2. The van der Waals surface area contributed by atoms with Crippen LogP contribution in [0, 0.1) is 0 Å². The van der Waals surface area contributed by atoms with Gasteiger partial charge in [0.2, 0.25) is 0 Å². The lowest BCUT2D eigenvalue weighted by Gasteiger charge is -2.15. The first-order valence-corrected chi connectivity index (χ1v) is 5.63. The molecule has 1 rings (SSSR count). The van der Waals surface area contributed by atoms with E-state index >= 15 is 0 Å². The second kappa shape index (κ2) is 7.52. The second-order valence-corrected chi connectivity index (χ2v) is 3.85. The standard InChI is InChI=1S/C11H15BN2O5/c13-9(6-7-10(15)16)11(17)18-12(19-14)8-4-2-1-3-5-8/h1-5,9H,6-7,13-14H2,(H,15,16). The minimum absolute atomic E-state index is 0.0136. The summed E-state index contributed by atoms with van der Waals surface area (Å²) in [5, 5.41) is 8.50. The van der Waals surface area contributed by atoms with Gasteiger partial charge in [0.05, 0.1) is 0 Å². The van der Waals surface area contributed by atoms with E-state index in [1.165, 1.54) is 0 Å². The summed E-state index contributed by atoms with van der Waals surface area (Å²) in [6, 6.07) is 7.58. The predicted octanol–water partition coefficient (Wildman–Crippen LogP) is -0.993. The number of hydrogen-bond donors (Lipinski definition) is 3. The zero-order valence-corrected chi connectivity index (χ0v) is 10.2. The fraction of sp³-hybridized carbons (Fsp3) is 0.273. The van der Waals surface area contributed by atoms with Crippen LogP contribution in [0.25, 0.3) is 0 Å². The fourth-order valence-electron chi connectivity index (χ4n) is 1.37. The smallest absolute Gasteiger partial charge is 0.504 e. The molecule has 0 heterocycles. The maximum absolute atomic E-state index is 11.6. The SMILES string of the molecule is NOB(OC(=O)C(N)CCC(=O)O)c1ccccc1. The molecular weight excluding hydrogens is 251 g/mol. The summed E-state index contributed by atoms with van der Waals surface area (Å²) in [6.45, 7) is 0. The minimum Gasteiger partial charge on any atom is -0.504 e. The van der Waals surface area contributed by atoms with Crippen molar-refractivity contribution in [2.24, 2.45) is 11.6 Å². The summed E-state index contributed by atoms with van der Waals surface area (Å²) >= 11 is 0. The van der Waals surface area contributed by atoms with Crippen LogP contribution >= 0.6 is 0 Å². The average molecular weight is 266 g/mol. The van der Waals surface area contributed by atoms with Gasteiger partial charge in [0.25, 0.3) is 0 Å². The first-order valence-electron chi connectivity index (χ1n) is 5.63. The van der Waals surface area contributed by atoms with Crippen LogP contribution < -0.4 is 17.1 Å². The largest absolute Gasteiger partial charge is 0.581 e. The molecular formula is C11H15BN2O5. The lowest BCUT2D eigenvalue weighted by molar-refractivity contribution is -0.139. The number of carboxylic acid groups (broad SMARTS) is 1. The van der Waals surface area contributed by atoms with Crippen molar-refractivity contribution in [3.05, 3.63) is 30.3 Å². The number of carbonyl (C=O) groups is 2. The molecule has 0 radical (unpaired) electrons. The van der Waals surface area contributed by atoms with Gasteiger partial charge in [0.15, 0.2) is 0 Å². The molecule has 0 saturated carbocycles. The Bertz CT molecular complexity index is 428. The zero-order valence-electron chi connectivity index (χ0n) is 10.2. The van der Waals surface area contributed by atoms with Crippen LogP contribution in [0.2, 0.25) is 0 Å². The highest BCUT2D eigenvalue weighted by atomic mass is 16.7. The quantitative estimate of drug-likeness (QED) is 0.427. The van der Waals surface area contributed by atoms with Gasteiger partial charge >= 0.3 is 19.1 Å². The maximum atomic E-state index is 11.6. The van der Waals surface area contributed by atoms with E-state index in [-0.39, 0.29) is 12.8 Å². The lowest BCUT2D eigenvalue weighted by atomic mass is 9.79. The van der Waals surface area contributed by atoms with Crippen molar-refractivity contribution in [2.45, 2.75) is 18.9 Å². The molecule has 0 amide bonds. The molecule has 5 N–H and O–H groups in total. The maximum Gasteiger partial charge on any atom is 0.581 e. The highest BCUT2D eigenvalue weighted by Crippen LogP contribution is 2.00. The summed E-state index contributed by atoms with van der Waals surface area (Å²) in [7, 11) is -1.07. The number of carboxylic acids is 1. The topological polar surface area (TPSA) is 125 Å². The van der Waals surface area contributed by atoms with Crippen LogP contribution in [-0.4, -0.2) is 30.2 Å². The molecule has 1 aromatic carbocycles. The van der Waals surface area contributed by atoms with Gasteiger partial charge in [-0.15, -0.1) is 0 Å². The van der Waals surface area contributed by atoms with Gasteiger partial charge in [-0.1, -0.05) is 30.3 Å². The van der Waals surface area contributed by atoms with Crippen LogP contribution in [-0.2, 0) is 19.0 Å². The number of hydrogen-bond acceptors (Lipinski definition) is 6. The molecule has 1 aromatic rings. The molecule has 0 bridgehead atoms. The van der Waals surface area contributed by atoms with Crippen molar-refractivity contribution in [1.82, 2.24) is 0 Å². The normalized spacial score (nSPS) is 11.7. The van der Waals surface area contributed by atoms with E-state index in [9.17, 15) is 9.59 Å². The molecule has 8 heteroatoms. The Morgan fingerprint density at radius 1 is 1.32 bits per heavy atom. The summed E-state index contributed by atoms with van der Waals surface area (Å²) in [5.74, 6) is 3.27. The summed E-state index contributed by atoms with van der Waals surface area (Å²) in [5.41, 5.74) is 6.07. The number of benzene rings is 1. The molecule has 1 atom stereocenters. The van der Waals surface area contributed by atoms with E-state index < -0.39 is 25.1 Å².